The molecule has 2 N–H and O–H groups in total. The van der Waals surface area contributed by atoms with Crippen LogP contribution in [0.5, 0.6) is 0 Å². The molecule has 9 nitrogen and oxygen atoms in total. The Labute approximate surface area is 161 Å². The summed E-state index contributed by atoms with van der Waals surface area (Å²) in [6.07, 6.45) is 8.40. The summed E-state index contributed by atoms with van der Waals surface area (Å²) in [4.78, 5) is 21.1. The van der Waals surface area contributed by atoms with Crippen molar-refractivity contribution in [2.75, 3.05) is 17.7 Å². The molecule has 1 atom stereocenters. The quantitative estimate of drug-likeness (QED) is 0.705. The molecule has 28 heavy (non-hydrogen) atoms. The molecule has 142 valence electrons. The van der Waals surface area contributed by atoms with E-state index in [1.54, 1.807) is 23.9 Å². The van der Waals surface area contributed by atoms with Gasteiger partial charge in [0.25, 0.3) is 0 Å². The lowest BCUT2D eigenvalue weighted by Gasteiger charge is -2.16. The molecule has 4 rings (SSSR count). The highest BCUT2D eigenvalue weighted by Crippen LogP contribution is 2.40. The number of anilines is 2. The molecule has 1 saturated carbocycles. The fourth-order valence-electron chi connectivity index (χ4n) is 3.02. The summed E-state index contributed by atoms with van der Waals surface area (Å²) in [5.74, 6) is 0.493. The van der Waals surface area contributed by atoms with Crippen LogP contribution in [0, 0.1) is 11.3 Å². The Kier molecular flexibility index (Phi) is 4.63. The molecule has 0 aliphatic heterocycles. The number of imidazole rings is 1. The second-order valence-electron chi connectivity index (χ2n) is 6.71. The number of fused-ring (bicyclic) bond motifs is 1. The van der Waals surface area contributed by atoms with Gasteiger partial charge in [0.1, 0.15) is 6.07 Å². The van der Waals surface area contributed by atoms with Crippen molar-refractivity contribution in [2.24, 2.45) is 0 Å². The van der Waals surface area contributed by atoms with E-state index < -0.39 is 6.03 Å². The summed E-state index contributed by atoms with van der Waals surface area (Å²) in [7, 11) is 1.61. The van der Waals surface area contributed by atoms with Crippen molar-refractivity contribution in [2.45, 2.75) is 31.8 Å². The molecule has 3 aromatic rings. The normalized spacial score (nSPS) is 14.5. The number of hydrogen-bond acceptors (Lipinski definition) is 6. The van der Waals surface area contributed by atoms with E-state index in [2.05, 4.69) is 20.7 Å². The Bertz CT molecular complexity index is 1080. The zero-order chi connectivity index (χ0) is 19.7. The number of methoxy groups -OCH3 is 1. The van der Waals surface area contributed by atoms with Gasteiger partial charge in [-0.15, -0.1) is 0 Å². The lowest BCUT2D eigenvalue weighted by Crippen LogP contribution is -2.21. The molecule has 0 spiro atoms. The van der Waals surface area contributed by atoms with Gasteiger partial charge in [-0.3, -0.25) is 4.98 Å². The molecule has 0 aromatic carbocycles. The second kappa shape index (κ2) is 7.25. The Morgan fingerprint density at radius 3 is 2.89 bits per heavy atom. The number of urea groups is 1. The van der Waals surface area contributed by atoms with E-state index in [0.29, 0.717) is 28.5 Å². The minimum Gasteiger partial charge on any atom is -0.377 e. The maximum absolute atomic E-state index is 12.5. The highest BCUT2D eigenvalue weighted by atomic mass is 16.5. The van der Waals surface area contributed by atoms with E-state index in [1.165, 1.54) is 12.4 Å². The average molecular weight is 377 g/mol. The minimum atomic E-state index is -0.471. The number of amides is 2. The molecular weight excluding hydrogens is 358 g/mol. The van der Waals surface area contributed by atoms with Crippen LogP contribution in [0.3, 0.4) is 0 Å². The first-order chi connectivity index (χ1) is 13.6. The number of ether oxygens (including phenoxy) is 1. The molecule has 1 fully saturated rings. The van der Waals surface area contributed by atoms with Crippen LogP contribution in [0.2, 0.25) is 0 Å². The van der Waals surface area contributed by atoms with Crippen molar-refractivity contribution in [1.29, 1.82) is 5.26 Å². The van der Waals surface area contributed by atoms with Crippen molar-refractivity contribution in [3.63, 3.8) is 0 Å². The molecule has 0 saturated heterocycles. The maximum Gasteiger partial charge on any atom is 0.323 e. The number of hydrogen-bond donors (Lipinski definition) is 2. The van der Waals surface area contributed by atoms with Crippen molar-refractivity contribution in [1.82, 2.24) is 19.6 Å². The third-order valence-corrected chi connectivity index (χ3v) is 4.68. The zero-order valence-electron chi connectivity index (χ0n) is 15.5. The van der Waals surface area contributed by atoms with Crippen LogP contribution >= 0.6 is 0 Å². The zero-order valence-corrected chi connectivity index (χ0v) is 15.5. The number of carbonyl (C=O) groups excluding carboxylic acids is 1. The van der Waals surface area contributed by atoms with Crippen molar-refractivity contribution >= 4 is 23.1 Å². The smallest absolute Gasteiger partial charge is 0.323 e. The van der Waals surface area contributed by atoms with Gasteiger partial charge < -0.3 is 15.4 Å². The molecule has 3 heterocycles. The van der Waals surface area contributed by atoms with E-state index in [4.69, 9.17) is 15.0 Å². The summed E-state index contributed by atoms with van der Waals surface area (Å²) in [5, 5.41) is 18.8. The molecule has 0 radical (unpaired) electrons. The maximum atomic E-state index is 12.5. The number of aromatic nitrogens is 4. The predicted octanol–water partition coefficient (Wildman–Crippen LogP) is 3.22. The minimum absolute atomic E-state index is 0.293. The lowest BCUT2D eigenvalue weighted by molar-refractivity contribution is 0.120. The third kappa shape index (κ3) is 3.50. The summed E-state index contributed by atoms with van der Waals surface area (Å²) < 4.78 is 7.23. The van der Waals surface area contributed by atoms with Crippen LogP contribution in [-0.2, 0) is 4.74 Å². The van der Waals surface area contributed by atoms with Crippen LogP contribution in [0.25, 0.3) is 5.65 Å². The average Bonchev–Trinajstić information content (AvgIpc) is 3.46. The van der Waals surface area contributed by atoms with Crippen molar-refractivity contribution in [3.05, 3.63) is 47.7 Å². The lowest BCUT2D eigenvalue weighted by atomic mass is 10.1. The number of nitrogens with zero attached hydrogens (tertiary/aromatic N) is 5. The largest absolute Gasteiger partial charge is 0.377 e. The first-order valence-electron chi connectivity index (χ1n) is 8.93. The summed E-state index contributed by atoms with van der Waals surface area (Å²) in [5.41, 5.74) is 3.73. The standard InChI is InChI=1S/C19H19N7O2/c1-11(28-2)17-15(9-22-26-10-16(13-3-4-13)24-18(17)26)25-19(27)23-14-5-12(6-20)7-21-8-14/h5,7-11,13H,3-4H2,1-2H3,(H2,23,25,27). The van der Waals surface area contributed by atoms with Crippen LogP contribution < -0.4 is 10.6 Å². The van der Waals surface area contributed by atoms with E-state index in [-0.39, 0.29) is 6.10 Å². The summed E-state index contributed by atoms with van der Waals surface area (Å²) in [6, 6.07) is 3.06. The van der Waals surface area contributed by atoms with Crippen molar-refractivity contribution < 1.29 is 9.53 Å². The van der Waals surface area contributed by atoms with Gasteiger partial charge in [0.05, 0.1) is 52.9 Å². The SMILES string of the molecule is COC(C)c1c(NC(=O)Nc2cncc(C#N)c2)cnn2cc(C3CC3)nc12. The van der Waals surface area contributed by atoms with Crippen LogP contribution in [0.1, 0.15) is 48.6 Å². The number of nitriles is 1. The van der Waals surface area contributed by atoms with Gasteiger partial charge in [0.2, 0.25) is 0 Å². The van der Waals surface area contributed by atoms with Gasteiger partial charge in [-0.2, -0.15) is 10.4 Å². The first-order valence-corrected chi connectivity index (χ1v) is 8.93. The number of nitrogens with one attached hydrogen (secondary N) is 2. The highest BCUT2D eigenvalue weighted by molar-refractivity contribution is 6.00. The Balaban J connectivity index is 1.63. The number of pyridine rings is 1. The van der Waals surface area contributed by atoms with E-state index >= 15 is 0 Å². The monoisotopic (exact) mass is 377 g/mol. The molecule has 2 amide bonds. The molecule has 1 unspecified atom stereocenters. The predicted molar refractivity (Wildman–Crippen MR) is 102 cm³/mol. The highest BCUT2D eigenvalue weighted by Gasteiger charge is 2.28. The summed E-state index contributed by atoms with van der Waals surface area (Å²) >= 11 is 0. The summed E-state index contributed by atoms with van der Waals surface area (Å²) in [6.45, 7) is 1.89. The van der Waals surface area contributed by atoms with Crippen LogP contribution in [-0.4, -0.2) is 32.7 Å². The van der Waals surface area contributed by atoms with E-state index in [9.17, 15) is 4.79 Å². The molecule has 1 aliphatic carbocycles. The fraction of sp³-hybridized carbons (Fsp3) is 0.316. The van der Waals surface area contributed by atoms with Gasteiger partial charge in [0.15, 0.2) is 5.65 Å². The molecule has 0 bridgehead atoms. The Morgan fingerprint density at radius 1 is 1.36 bits per heavy atom. The van der Waals surface area contributed by atoms with Gasteiger partial charge in [0, 0.05) is 19.2 Å². The van der Waals surface area contributed by atoms with Gasteiger partial charge in [-0.05, 0) is 25.8 Å². The number of carbonyl (C=O) groups is 1. The van der Waals surface area contributed by atoms with Gasteiger partial charge in [-0.25, -0.2) is 14.3 Å². The molecule has 9 heteroatoms. The molecule has 3 aromatic heterocycles. The number of rotatable bonds is 5. The van der Waals surface area contributed by atoms with Gasteiger partial charge >= 0.3 is 6.03 Å². The van der Waals surface area contributed by atoms with E-state index in [0.717, 1.165) is 24.1 Å². The molecular formula is C19H19N7O2. The molecule has 1 aliphatic rings. The Morgan fingerprint density at radius 2 is 2.18 bits per heavy atom. The van der Waals surface area contributed by atoms with E-state index in [1.807, 2.05) is 19.2 Å². The van der Waals surface area contributed by atoms with Crippen LogP contribution in [0.15, 0.2) is 30.9 Å². The third-order valence-electron chi connectivity index (χ3n) is 4.68. The fourth-order valence-corrected chi connectivity index (χ4v) is 3.02. The van der Waals surface area contributed by atoms with Crippen LogP contribution in [0.4, 0.5) is 16.2 Å². The second-order valence-corrected chi connectivity index (χ2v) is 6.71. The van der Waals surface area contributed by atoms with Gasteiger partial charge in [-0.1, -0.05) is 0 Å². The first kappa shape index (κ1) is 17.9. The topological polar surface area (TPSA) is 117 Å². The van der Waals surface area contributed by atoms with Crippen molar-refractivity contribution in [3.8, 4) is 6.07 Å². The Hall–Kier alpha value is -3.51.